The molecular weight excluding hydrogens is 254 g/mol. The van der Waals surface area contributed by atoms with Crippen LogP contribution in [0, 0.1) is 0 Å². The Kier molecular flexibility index (Phi) is 3.65. The molecule has 0 aliphatic rings. The molecule has 0 bridgehead atoms. The average Bonchev–Trinajstić information content (AvgIpc) is 2.83. The van der Waals surface area contributed by atoms with E-state index < -0.39 is 0 Å². The van der Waals surface area contributed by atoms with Crippen molar-refractivity contribution in [2.45, 2.75) is 26.2 Å². The predicted octanol–water partition coefficient (Wildman–Crippen LogP) is 2.08. The zero-order chi connectivity index (χ0) is 14.8. The van der Waals surface area contributed by atoms with Gasteiger partial charge in [-0.3, -0.25) is 4.79 Å². The zero-order valence-corrected chi connectivity index (χ0v) is 11.8. The van der Waals surface area contributed by atoms with Crippen LogP contribution in [0.15, 0.2) is 37.2 Å². The lowest BCUT2D eigenvalue weighted by atomic mass is 9.92. The summed E-state index contributed by atoms with van der Waals surface area (Å²) in [6.07, 6.45) is 4.46. The molecule has 2 aromatic rings. The Morgan fingerprint density at radius 1 is 1.35 bits per heavy atom. The van der Waals surface area contributed by atoms with Gasteiger partial charge in [0.25, 0.3) is 5.95 Å². The number of nitrogens with one attached hydrogen (secondary N) is 1. The number of carbonyl (C=O) groups excluding carboxylic acids is 1. The summed E-state index contributed by atoms with van der Waals surface area (Å²) < 4.78 is 1.52. The van der Waals surface area contributed by atoms with Crippen LogP contribution in [0.4, 0.5) is 5.82 Å². The molecule has 0 spiro atoms. The van der Waals surface area contributed by atoms with Crippen LogP contribution in [0.1, 0.15) is 26.5 Å². The van der Waals surface area contributed by atoms with E-state index in [1.54, 1.807) is 18.5 Å². The summed E-state index contributed by atoms with van der Waals surface area (Å²) >= 11 is 0. The van der Waals surface area contributed by atoms with Gasteiger partial charge in [0.2, 0.25) is 5.91 Å². The molecule has 0 aromatic carbocycles. The molecule has 0 aliphatic carbocycles. The molecule has 6 nitrogen and oxygen atoms in total. The Balaban J connectivity index is 2.50. The molecule has 0 saturated carbocycles. The minimum atomic E-state index is -0.303. The number of anilines is 1. The van der Waals surface area contributed by atoms with E-state index in [1.165, 1.54) is 10.8 Å². The molecule has 6 heteroatoms. The Labute approximate surface area is 117 Å². The normalized spacial score (nSPS) is 11.2. The lowest BCUT2D eigenvalue weighted by molar-refractivity contribution is -0.111. The summed E-state index contributed by atoms with van der Waals surface area (Å²) in [6, 6.07) is 3.54. The lowest BCUT2D eigenvalue weighted by Gasteiger charge is -2.13. The number of hydrogen-bond donors (Lipinski definition) is 1. The molecule has 104 valence electrons. The maximum Gasteiger partial charge on any atom is 0.252 e. The highest BCUT2D eigenvalue weighted by Crippen LogP contribution is 2.25. The number of aromatic nitrogens is 4. The SMILES string of the molecule is C=CC(=O)Nc1cc(C(C)(C)C)nn1-c1ncccn1. The molecule has 1 N–H and O–H groups in total. The largest absolute Gasteiger partial charge is 0.307 e. The molecule has 0 atom stereocenters. The van der Waals surface area contributed by atoms with Crippen molar-refractivity contribution in [3.63, 3.8) is 0 Å². The summed E-state index contributed by atoms with van der Waals surface area (Å²) in [5.41, 5.74) is 0.692. The quantitative estimate of drug-likeness (QED) is 0.867. The van der Waals surface area contributed by atoms with Crippen LogP contribution < -0.4 is 5.32 Å². The number of hydrogen-bond acceptors (Lipinski definition) is 4. The summed E-state index contributed by atoms with van der Waals surface area (Å²) in [7, 11) is 0. The molecule has 0 saturated heterocycles. The second-order valence-electron chi connectivity index (χ2n) is 5.32. The first-order chi connectivity index (χ1) is 9.41. The average molecular weight is 271 g/mol. The molecule has 1 amide bonds. The van der Waals surface area contributed by atoms with E-state index in [0.29, 0.717) is 11.8 Å². The van der Waals surface area contributed by atoms with Crippen LogP contribution >= 0.6 is 0 Å². The highest BCUT2D eigenvalue weighted by molar-refractivity contribution is 5.98. The first-order valence-electron chi connectivity index (χ1n) is 6.23. The molecule has 2 aromatic heterocycles. The maximum absolute atomic E-state index is 11.5. The molecule has 0 radical (unpaired) electrons. The highest BCUT2D eigenvalue weighted by atomic mass is 16.1. The third-order valence-electron chi connectivity index (χ3n) is 2.66. The molecule has 2 rings (SSSR count). The van der Waals surface area contributed by atoms with Crippen molar-refractivity contribution in [1.82, 2.24) is 19.7 Å². The summed E-state index contributed by atoms with van der Waals surface area (Å²) in [6.45, 7) is 9.58. The van der Waals surface area contributed by atoms with Gasteiger partial charge in [-0.05, 0) is 12.1 Å². The van der Waals surface area contributed by atoms with Gasteiger partial charge in [-0.25, -0.2) is 9.97 Å². The predicted molar refractivity (Wildman–Crippen MR) is 76.7 cm³/mol. The minimum absolute atomic E-state index is 0.145. The van der Waals surface area contributed by atoms with Crippen molar-refractivity contribution in [2.24, 2.45) is 0 Å². The van der Waals surface area contributed by atoms with Crippen LogP contribution in [0.5, 0.6) is 0 Å². The Bertz CT molecular complexity index is 625. The number of rotatable bonds is 3. The second kappa shape index (κ2) is 5.24. The van der Waals surface area contributed by atoms with E-state index in [0.717, 1.165) is 5.69 Å². The van der Waals surface area contributed by atoms with Crippen molar-refractivity contribution in [3.05, 3.63) is 42.9 Å². The Morgan fingerprint density at radius 3 is 2.55 bits per heavy atom. The first-order valence-corrected chi connectivity index (χ1v) is 6.23. The summed E-state index contributed by atoms with van der Waals surface area (Å²) in [4.78, 5) is 19.8. The third kappa shape index (κ3) is 2.90. The van der Waals surface area contributed by atoms with Crippen molar-refractivity contribution in [1.29, 1.82) is 0 Å². The lowest BCUT2D eigenvalue weighted by Crippen LogP contribution is -2.14. The van der Waals surface area contributed by atoms with E-state index in [4.69, 9.17) is 0 Å². The van der Waals surface area contributed by atoms with E-state index in [1.807, 2.05) is 26.8 Å². The first kappa shape index (κ1) is 13.9. The van der Waals surface area contributed by atoms with Crippen molar-refractivity contribution in [3.8, 4) is 5.95 Å². The van der Waals surface area contributed by atoms with E-state index >= 15 is 0 Å². The number of amides is 1. The van der Waals surface area contributed by atoms with E-state index in [2.05, 4.69) is 27.0 Å². The van der Waals surface area contributed by atoms with Crippen LogP contribution in [-0.4, -0.2) is 25.7 Å². The van der Waals surface area contributed by atoms with Gasteiger partial charge in [0.1, 0.15) is 5.82 Å². The smallest absolute Gasteiger partial charge is 0.252 e. The Hall–Kier alpha value is -2.50. The number of nitrogens with zero attached hydrogens (tertiary/aromatic N) is 4. The van der Waals surface area contributed by atoms with Gasteiger partial charge in [0.15, 0.2) is 0 Å². The van der Waals surface area contributed by atoms with Gasteiger partial charge in [-0.1, -0.05) is 27.4 Å². The van der Waals surface area contributed by atoms with Gasteiger partial charge in [0, 0.05) is 23.9 Å². The monoisotopic (exact) mass is 271 g/mol. The Morgan fingerprint density at radius 2 is 2.00 bits per heavy atom. The fourth-order valence-electron chi connectivity index (χ4n) is 1.57. The standard InChI is InChI=1S/C14H17N5O/c1-5-12(20)17-11-9-10(14(2,3)4)18-19(11)13-15-7-6-8-16-13/h5-9H,1H2,2-4H3,(H,17,20). The van der Waals surface area contributed by atoms with E-state index in [9.17, 15) is 4.79 Å². The van der Waals surface area contributed by atoms with E-state index in [-0.39, 0.29) is 11.3 Å². The summed E-state index contributed by atoms with van der Waals surface area (Å²) in [5.74, 6) is 0.621. The zero-order valence-electron chi connectivity index (χ0n) is 11.8. The van der Waals surface area contributed by atoms with Gasteiger partial charge in [-0.15, -0.1) is 0 Å². The van der Waals surface area contributed by atoms with Crippen LogP contribution in [0.3, 0.4) is 0 Å². The van der Waals surface area contributed by atoms with Gasteiger partial charge < -0.3 is 5.32 Å². The maximum atomic E-state index is 11.5. The molecule has 20 heavy (non-hydrogen) atoms. The third-order valence-corrected chi connectivity index (χ3v) is 2.66. The fraction of sp³-hybridized carbons (Fsp3) is 0.286. The van der Waals surface area contributed by atoms with Gasteiger partial charge >= 0.3 is 0 Å². The topological polar surface area (TPSA) is 72.7 Å². The molecule has 0 fully saturated rings. The van der Waals surface area contributed by atoms with Gasteiger partial charge in [0.05, 0.1) is 5.69 Å². The minimum Gasteiger partial charge on any atom is -0.307 e. The molecule has 0 unspecified atom stereocenters. The van der Waals surface area contributed by atoms with Crippen molar-refractivity contribution >= 4 is 11.7 Å². The van der Waals surface area contributed by atoms with Crippen molar-refractivity contribution in [2.75, 3.05) is 5.32 Å². The van der Waals surface area contributed by atoms with Crippen molar-refractivity contribution < 1.29 is 4.79 Å². The second-order valence-corrected chi connectivity index (χ2v) is 5.32. The van der Waals surface area contributed by atoms with Crippen LogP contribution in [0.25, 0.3) is 5.95 Å². The molecular formula is C14H17N5O. The molecule has 2 heterocycles. The van der Waals surface area contributed by atoms with Gasteiger partial charge in [-0.2, -0.15) is 9.78 Å². The highest BCUT2D eigenvalue weighted by Gasteiger charge is 2.21. The number of carbonyl (C=O) groups is 1. The fourth-order valence-corrected chi connectivity index (χ4v) is 1.57. The van der Waals surface area contributed by atoms with Crippen LogP contribution in [-0.2, 0) is 10.2 Å². The van der Waals surface area contributed by atoms with Crippen LogP contribution in [0.2, 0.25) is 0 Å². The molecule has 0 aliphatic heterocycles. The summed E-state index contributed by atoms with van der Waals surface area (Å²) in [5, 5.41) is 7.20.